The van der Waals surface area contributed by atoms with E-state index in [9.17, 15) is 14.4 Å². The van der Waals surface area contributed by atoms with Gasteiger partial charge in [-0.05, 0) is 35.7 Å². The van der Waals surface area contributed by atoms with E-state index >= 15 is 0 Å². The number of nitrogens with one attached hydrogen (secondary N) is 2. The number of thiophene rings is 1. The molecule has 0 saturated carbocycles. The van der Waals surface area contributed by atoms with E-state index in [4.69, 9.17) is 16.3 Å². The maximum atomic E-state index is 11.6. The molecule has 0 aliphatic heterocycles. The fourth-order valence-corrected chi connectivity index (χ4v) is 2.34. The Morgan fingerprint density at radius 2 is 1.87 bits per heavy atom. The largest absolute Gasteiger partial charge is 0.454 e. The van der Waals surface area contributed by atoms with Gasteiger partial charge in [0, 0.05) is 10.7 Å². The van der Waals surface area contributed by atoms with Gasteiger partial charge in [-0.3, -0.25) is 14.4 Å². The first-order valence-electron chi connectivity index (χ1n) is 6.57. The second-order valence-corrected chi connectivity index (χ2v) is 5.76. The summed E-state index contributed by atoms with van der Waals surface area (Å²) in [4.78, 5) is 35.2. The monoisotopic (exact) mass is 352 g/mol. The third-order valence-electron chi connectivity index (χ3n) is 2.63. The predicted molar refractivity (Wildman–Crippen MR) is 87.7 cm³/mol. The van der Waals surface area contributed by atoms with Crippen molar-refractivity contribution in [1.82, 2.24) is 5.32 Å². The van der Waals surface area contributed by atoms with Crippen molar-refractivity contribution in [2.24, 2.45) is 0 Å². The zero-order valence-corrected chi connectivity index (χ0v) is 13.4. The molecule has 1 aromatic carbocycles. The number of rotatable bonds is 6. The summed E-state index contributed by atoms with van der Waals surface area (Å²) >= 11 is 7.00. The quantitative estimate of drug-likeness (QED) is 0.781. The molecule has 0 radical (unpaired) electrons. The lowest BCUT2D eigenvalue weighted by Crippen LogP contribution is -2.31. The van der Waals surface area contributed by atoms with Crippen LogP contribution < -0.4 is 10.6 Å². The van der Waals surface area contributed by atoms with E-state index in [1.807, 2.05) is 0 Å². The third kappa shape index (κ3) is 5.72. The zero-order valence-electron chi connectivity index (χ0n) is 11.9. The molecule has 2 rings (SSSR count). The van der Waals surface area contributed by atoms with Gasteiger partial charge in [0.15, 0.2) is 6.61 Å². The molecular weight excluding hydrogens is 340 g/mol. The molecule has 8 heteroatoms. The van der Waals surface area contributed by atoms with Gasteiger partial charge in [0.05, 0.1) is 4.88 Å². The molecule has 1 aromatic heterocycles. The van der Waals surface area contributed by atoms with Crippen molar-refractivity contribution in [3.05, 3.63) is 51.7 Å². The van der Waals surface area contributed by atoms with Crippen LogP contribution in [0.3, 0.4) is 0 Å². The number of halogens is 1. The smallest absolute Gasteiger partial charge is 0.325 e. The number of esters is 1. The van der Waals surface area contributed by atoms with E-state index in [0.29, 0.717) is 15.6 Å². The molecule has 0 bridgehead atoms. The average Bonchev–Trinajstić information content (AvgIpc) is 3.07. The number of carbonyl (C=O) groups is 3. The van der Waals surface area contributed by atoms with Gasteiger partial charge in [-0.15, -0.1) is 11.3 Å². The first kappa shape index (κ1) is 17.0. The summed E-state index contributed by atoms with van der Waals surface area (Å²) in [5.41, 5.74) is 0.543. The van der Waals surface area contributed by atoms with Gasteiger partial charge in [-0.25, -0.2) is 0 Å². The molecule has 0 aliphatic rings. The minimum atomic E-state index is -0.693. The van der Waals surface area contributed by atoms with Crippen LogP contribution in [0, 0.1) is 0 Å². The lowest BCUT2D eigenvalue weighted by atomic mass is 10.3. The minimum Gasteiger partial charge on any atom is -0.454 e. The van der Waals surface area contributed by atoms with Gasteiger partial charge in [0.2, 0.25) is 0 Å². The van der Waals surface area contributed by atoms with E-state index in [1.54, 1.807) is 41.8 Å². The van der Waals surface area contributed by atoms with E-state index in [0.717, 1.165) is 0 Å². The number of hydrogen-bond donors (Lipinski definition) is 2. The Kier molecular flexibility index (Phi) is 6.13. The van der Waals surface area contributed by atoms with Gasteiger partial charge in [-0.1, -0.05) is 17.7 Å². The van der Waals surface area contributed by atoms with Crippen LogP contribution in [0.5, 0.6) is 0 Å². The van der Waals surface area contributed by atoms with Crippen LogP contribution >= 0.6 is 22.9 Å². The highest BCUT2D eigenvalue weighted by Crippen LogP contribution is 2.13. The van der Waals surface area contributed by atoms with Gasteiger partial charge < -0.3 is 15.4 Å². The molecule has 2 amide bonds. The molecule has 2 N–H and O–H groups in total. The Hall–Kier alpha value is -2.38. The minimum absolute atomic E-state index is 0.301. The molecule has 0 atom stereocenters. The normalized spacial score (nSPS) is 9.96. The number of ether oxygens (including phenoxy) is 1. The predicted octanol–water partition coefficient (Wildman–Crippen LogP) is 2.31. The van der Waals surface area contributed by atoms with Crippen molar-refractivity contribution in [1.29, 1.82) is 0 Å². The molecule has 0 aliphatic carbocycles. The number of carbonyl (C=O) groups excluding carboxylic acids is 3. The Morgan fingerprint density at radius 1 is 1.13 bits per heavy atom. The average molecular weight is 353 g/mol. The molecule has 120 valence electrons. The zero-order chi connectivity index (χ0) is 16.7. The molecule has 0 fully saturated rings. The molecule has 0 unspecified atom stereocenters. The van der Waals surface area contributed by atoms with Crippen molar-refractivity contribution < 1.29 is 19.1 Å². The Balaban J connectivity index is 1.68. The first-order valence-corrected chi connectivity index (χ1v) is 7.83. The van der Waals surface area contributed by atoms with Crippen LogP contribution in [-0.2, 0) is 14.3 Å². The fourth-order valence-electron chi connectivity index (χ4n) is 1.57. The summed E-state index contributed by atoms with van der Waals surface area (Å²) in [6.07, 6.45) is 0. The van der Waals surface area contributed by atoms with Gasteiger partial charge in [-0.2, -0.15) is 0 Å². The van der Waals surface area contributed by atoms with Crippen molar-refractivity contribution in [3.8, 4) is 0 Å². The van der Waals surface area contributed by atoms with E-state index < -0.39 is 18.5 Å². The van der Waals surface area contributed by atoms with Crippen LogP contribution in [0.2, 0.25) is 5.02 Å². The second-order valence-electron chi connectivity index (χ2n) is 4.38. The molecule has 6 nitrogen and oxygen atoms in total. The molecule has 0 saturated heterocycles. The van der Waals surface area contributed by atoms with Crippen LogP contribution in [0.1, 0.15) is 9.67 Å². The summed E-state index contributed by atoms with van der Waals surface area (Å²) in [5.74, 6) is -1.53. The van der Waals surface area contributed by atoms with E-state index in [-0.39, 0.29) is 12.5 Å². The standard InChI is InChI=1S/C15H13ClN2O4S/c16-10-3-5-11(6-4-10)18-13(19)9-22-14(20)8-17-15(21)12-2-1-7-23-12/h1-7H,8-9H2,(H,17,21)(H,18,19). The van der Waals surface area contributed by atoms with Crippen molar-refractivity contribution >= 4 is 46.4 Å². The number of amides is 2. The van der Waals surface area contributed by atoms with E-state index in [1.165, 1.54) is 11.3 Å². The summed E-state index contributed by atoms with van der Waals surface area (Å²) in [6.45, 7) is -0.735. The molecule has 0 spiro atoms. The summed E-state index contributed by atoms with van der Waals surface area (Å²) in [6, 6.07) is 9.89. The van der Waals surface area contributed by atoms with Gasteiger partial charge in [0.25, 0.3) is 11.8 Å². The maximum Gasteiger partial charge on any atom is 0.325 e. The van der Waals surface area contributed by atoms with Crippen molar-refractivity contribution in [3.63, 3.8) is 0 Å². The van der Waals surface area contributed by atoms with Crippen LogP contribution in [0.4, 0.5) is 5.69 Å². The molecular formula is C15H13ClN2O4S. The lowest BCUT2D eigenvalue weighted by Gasteiger charge is -2.07. The van der Waals surface area contributed by atoms with Crippen LogP contribution in [0.15, 0.2) is 41.8 Å². The second kappa shape index (κ2) is 8.30. The third-order valence-corrected chi connectivity index (χ3v) is 3.75. The fraction of sp³-hybridized carbons (Fsp3) is 0.133. The highest BCUT2D eigenvalue weighted by atomic mass is 35.5. The summed E-state index contributed by atoms with van der Waals surface area (Å²) in [5, 5.41) is 7.28. The Bertz CT molecular complexity index is 686. The summed E-state index contributed by atoms with van der Waals surface area (Å²) in [7, 11) is 0. The van der Waals surface area contributed by atoms with Crippen LogP contribution in [0.25, 0.3) is 0 Å². The highest BCUT2D eigenvalue weighted by molar-refractivity contribution is 7.12. The van der Waals surface area contributed by atoms with Gasteiger partial charge >= 0.3 is 5.97 Å². The number of hydrogen-bond acceptors (Lipinski definition) is 5. The Morgan fingerprint density at radius 3 is 2.52 bits per heavy atom. The molecule has 1 heterocycles. The maximum absolute atomic E-state index is 11.6. The number of benzene rings is 1. The lowest BCUT2D eigenvalue weighted by molar-refractivity contribution is -0.146. The highest BCUT2D eigenvalue weighted by Gasteiger charge is 2.11. The van der Waals surface area contributed by atoms with Crippen molar-refractivity contribution in [2.45, 2.75) is 0 Å². The van der Waals surface area contributed by atoms with Gasteiger partial charge in [0.1, 0.15) is 6.54 Å². The SMILES string of the molecule is O=C(COC(=O)CNC(=O)c1cccs1)Nc1ccc(Cl)cc1. The first-order chi connectivity index (χ1) is 11.0. The van der Waals surface area contributed by atoms with Crippen molar-refractivity contribution in [2.75, 3.05) is 18.5 Å². The molecule has 23 heavy (non-hydrogen) atoms. The Labute approximate surface area is 141 Å². The number of anilines is 1. The summed E-state index contributed by atoms with van der Waals surface area (Å²) < 4.78 is 4.78. The topological polar surface area (TPSA) is 84.5 Å². The van der Waals surface area contributed by atoms with E-state index in [2.05, 4.69) is 10.6 Å². The van der Waals surface area contributed by atoms with Crippen LogP contribution in [-0.4, -0.2) is 30.9 Å². The molecule has 2 aromatic rings.